The maximum Gasteiger partial charge on any atom is 0.416 e. The highest BCUT2D eigenvalue weighted by molar-refractivity contribution is 7.90. The first-order chi connectivity index (χ1) is 12.5. The molecule has 0 bridgehead atoms. The molecule has 0 amide bonds. The number of rotatable bonds is 3. The number of benzene rings is 2. The zero-order chi connectivity index (χ0) is 20.0. The van der Waals surface area contributed by atoms with E-state index >= 15 is 0 Å². The fourth-order valence-corrected chi connectivity index (χ4v) is 3.44. The fourth-order valence-electron chi connectivity index (χ4n) is 2.71. The minimum Gasteiger partial charge on any atom is -0.360 e. The van der Waals surface area contributed by atoms with Gasteiger partial charge in [-0.25, -0.2) is 12.8 Å². The normalized spacial score (nSPS) is 12.4. The van der Waals surface area contributed by atoms with Gasteiger partial charge in [-0.2, -0.15) is 13.2 Å². The van der Waals surface area contributed by atoms with Gasteiger partial charge in [-0.1, -0.05) is 23.4 Å². The molecule has 0 aliphatic carbocycles. The number of aryl methyl sites for hydroxylation is 1. The van der Waals surface area contributed by atoms with Gasteiger partial charge in [0.2, 0.25) is 0 Å². The lowest BCUT2D eigenvalue weighted by molar-refractivity contribution is -0.137. The van der Waals surface area contributed by atoms with E-state index in [0.717, 1.165) is 30.5 Å². The van der Waals surface area contributed by atoms with E-state index in [1.165, 1.54) is 25.1 Å². The number of alkyl halides is 3. The molecule has 4 nitrogen and oxygen atoms in total. The SMILES string of the molecule is Cc1onc(-c2cccc(C(F)(F)F)c2)c1-c1ccc(S(C)(=O)=O)c(F)c1. The summed E-state index contributed by atoms with van der Waals surface area (Å²) in [6.07, 6.45) is -3.65. The Labute approximate surface area is 152 Å². The Morgan fingerprint density at radius 3 is 2.33 bits per heavy atom. The zero-order valence-electron chi connectivity index (χ0n) is 14.1. The molecule has 9 heteroatoms. The third-order valence-corrected chi connectivity index (χ3v) is 5.08. The van der Waals surface area contributed by atoms with Gasteiger partial charge in [0, 0.05) is 11.8 Å². The lowest BCUT2D eigenvalue weighted by Gasteiger charge is -2.09. The Hall–Kier alpha value is -2.68. The van der Waals surface area contributed by atoms with Crippen LogP contribution in [0.25, 0.3) is 22.4 Å². The maximum absolute atomic E-state index is 14.2. The first-order valence-electron chi connectivity index (χ1n) is 7.62. The maximum atomic E-state index is 14.2. The monoisotopic (exact) mass is 399 g/mol. The van der Waals surface area contributed by atoms with E-state index < -0.39 is 32.3 Å². The smallest absolute Gasteiger partial charge is 0.360 e. The molecule has 142 valence electrons. The lowest BCUT2D eigenvalue weighted by Crippen LogP contribution is -2.04. The van der Waals surface area contributed by atoms with Crippen LogP contribution in [-0.4, -0.2) is 19.8 Å². The molecule has 0 aliphatic rings. The molecule has 3 rings (SSSR count). The second-order valence-corrected chi connectivity index (χ2v) is 7.94. The molecule has 2 aromatic carbocycles. The summed E-state index contributed by atoms with van der Waals surface area (Å²) in [4.78, 5) is -0.471. The van der Waals surface area contributed by atoms with Gasteiger partial charge >= 0.3 is 6.18 Å². The van der Waals surface area contributed by atoms with Gasteiger partial charge in [0.1, 0.15) is 22.2 Å². The van der Waals surface area contributed by atoms with Crippen LogP contribution in [0, 0.1) is 12.7 Å². The van der Waals surface area contributed by atoms with Crippen LogP contribution in [0.2, 0.25) is 0 Å². The summed E-state index contributed by atoms with van der Waals surface area (Å²) >= 11 is 0. The Morgan fingerprint density at radius 2 is 1.74 bits per heavy atom. The van der Waals surface area contributed by atoms with Crippen molar-refractivity contribution >= 4 is 9.84 Å². The van der Waals surface area contributed by atoms with Crippen LogP contribution in [0.5, 0.6) is 0 Å². The quantitative estimate of drug-likeness (QED) is 0.589. The summed E-state index contributed by atoms with van der Waals surface area (Å²) in [5.41, 5.74) is -0.0843. The van der Waals surface area contributed by atoms with Crippen molar-refractivity contribution < 1.29 is 30.5 Å². The van der Waals surface area contributed by atoms with E-state index in [9.17, 15) is 26.0 Å². The lowest BCUT2D eigenvalue weighted by atomic mass is 9.98. The standard InChI is InChI=1S/C18H13F4NO3S/c1-10-16(11-6-7-15(14(19)9-11)27(2,24)25)17(23-26-10)12-4-3-5-13(8-12)18(20,21)22/h3-9H,1-2H3. The van der Waals surface area contributed by atoms with Crippen LogP contribution in [0.15, 0.2) is 51.9 Å². The van der Waals surface area contributed by atoms with Crippen molar-refractivity contribution in [1.29, 1.82) is 0 Å². The zero-order valence-corrected chi connectivity index (χ0v) is 15.0. The number of aromatic nitrogens is 1. The van der Waals surface area contributed by atoms with Gasteiger partial charge in [0.25, 0.3) is 0 Å². The molecule has 1 heterocycles. The second kappa shape index (κ2) is 6.49. The molecule has 0 spiro atoms. The van der Waals surface area contributed by atoms with E-state index in [1.54, 1.807) is 0 Å². The summed E-state index contributed by atoms with van der Waals surface area (Å²) < 4.78 is 81.4. The predicted molar refractivity (Wildman–Crippen MR) is 90.2 cm³/mol. The number of hydrogen-bond donors (Lipinski definition) is 0. The van der Waals surface area contributed by atoms with Crippen molar-refractivity contribution in [3.8, 4) is 22.4 Å². The average molecular weight is 399 g/mol. The Bertz CT molecular complexity index is 1120. The Morgan fingerprint density at radius 1 is 1.04 bits per heavy atom. The molecule has 27 heavy (non-hydrogen) atoms. The van der Waals surface area contributed by atoms with Crippen LogP contribution < -0.4 is 0 Å². The number of hydrogen-bond acceptors (Lipinski definition) is 4. The molecule has 0 radical (unpaired) electrons. The summed E-state index contributed by atoms with van der Waals surface area (Å²) in [5.74, 6) is -0.709. The highest BCUT2D eigenvalue weighted by Gasteiger charge is 2.31. The van der Waals surface area contributed by atoms with E-state index in [4.69, 9.17) is 4.52 Å². The molecule has 3 aromatic rings. The van der Waals surface area contributed by atoms with E-state index in [0.29, 0.717) is 0 Å². The minimum absolute atomic E-state index is 0.102. The molecule has 0 saturated heterocycles. The molecule has 0 N–H and O–H groups in total. The third kappa shape index (κ3) is 3.73. The van der Waals surface area contributed by atoms with Crippen LogP contribution in [0.3, 0.4) is 0 Å². The van der Waals surface area contributed by atoms with Crippen molar-refractivity contribution in [2.75, 3.05) is 6.26 Å². The highest BCUT2D eigenvalue weighted by Crippen LogP contribution is 2.38. The largest absolute Gasteiger partial charge is 0.416 e. The molecule has 0 fully saturated rings. The average Bonchev–Trinajstić information content (AvgIpc) is 2.94. The van der Waals surface area contributed by atoms with Gasteiger partial charge in [-0.3, -0.25) is 0 Å². The molecular weight excluding hydrogens is 386 g/mol. The van der Waals surface area contributed by atoms with Crippen molar-refractivity contribution in [2.24, 2.45) is 0 Å². The van der Waals surface area contributed by atoms with E-state index in [1.807, 2.05) is 0 Å². The number of halogens is 4. The topological polar surface area (TPSA) is 60.2 Å². The van der Waals surface area contributed by atoms with Crippen LogP contribution in [0.4, 0.5) is 17.6 Å². The third-order valence-electron chi connectivity index (χ3n) is 3.95. The molecule has 1 aromatic heterocycles. The molecule has 0 atom stereocenters. The van der Waals surface area contributed by atoms with E-state index in [2.05, 4.69) is 5.16 Å². The first-order valence-corrected chi connectivity index (χ1v) is 9.51. The van der Waals surface area contributed by atoms with E-state index in [-0.39, 0.29) is 28.1 Å². The number of nitrogens with zero attached hydrogens (tertiary/aromatic N) is 1. The van der Waals surface area contributed by atoms with Gasteiger partial charge in [-0.05, 0) is 36.8 Å². The predicted octanol–water partition coefficient (Wildman–Crippen LogP) is 4.88. The Kier molecular flexibility index (Phi) is 4.59. The molecule has 0 aliphatic heterocycles. The minimum atomic E-state index is -4.53. The molecule has 0 saturated carbocycles. The highest BCUT2D eigenvalue weighted by atomic mass is 32.2. The summed E-state index contributed by atoms with van der Waals surface area (Å²) in [6, 6.07) is 7.96. The van der Waals surface area contributed by atoms with Crippen molar-refractivity contribution in [3.63, 3.8) is 0 Å². The fraction of sp³-hybridized carbons (Fsp3) is 0.167. The van der Waals surface area contributed by atoms with Crippen molar-refractivity contribution in [2.45, 2.75) is 18.0 Å². The Balaban J connectivity index is 2.16. The van der Waals surface area contributed by atoms with Gasteiger partial charge in [-0.15, -0.1) is 0 Å². The van der Waals surface area contributed by atoms with Gasteiger partial charge < -0.3 is 4.52 Å². The van der Waals surface area contributed by atoms with Gasteiger partial charge in [0.15, 0.2) is 9.84 Å². The van der Waals surface area contributed by atoms with Crippen LogP contribution in [0.1, 0.15) is 11.3 Å². The number of sulfone groups is 1. The van der Waals surface area contributed by atoms with Crippen molar-refractivity contribution in [1.82, 2.24) is 5.16 Å². The van der Waals surface area contributed by atoms with Gasteiger partial charge in [0.05, 0.1) is 11.1 Å². The summed E-state index contributed by atoms with van der Waals surface area (Å²) in [6.45, 7) is 1.53. The summed E-state index contributed by atoms with van der Waals surface area (Å²) in [7, 11) is -3.75. The summed E-state index contributed by atoms with van der Waals surface area (Å²) in [5, 5.41) is 3.80. The van der Waals surface area contributed by atoms with Crippen LogP contribution >= 0.6 is 0 Å². The molecular formula is C18H13F4NO3S. The van der Waals surface area contributed by atoms with Crippen molar-refractivity contribution in [3.05, 3.63) is 59.6 Å². The van der Waals surface area contributed by atoms with Crippen LogP contribution in [-0.2, 0) is 16.0 Å². The first kappa shape index (κ1) is 19.1. The second-order valence-electron chi connectivity index (χ2n) is 5.96. The molecule has 0 unspecified atom stereocenters.